The summed E-state index contributed by atoms with van der Waals surface area (Å²) in [5, 5.41) is 10.7. The monoisotopic (exact) mass is 450 g/mol. The fraction of sp³-hybridized carbons (Fsp3) is 0.107. The molecule has 5 rings (SSSR count). The number of hydrogen-bond acceptors (Lipinski definition) is 4. The highest BCUT2D eigenvalue weighted by Crippen LogP contribution is 2.42. The lowest BCUT2D eigenvalue weighted by Gasteiger charge is -2.24. The van der Waals surface area contributed by atoms with Crippen molar-refractivity contribution in [1.82, 2.24) is 4.98 Å². The van der Waals surface area contributed by atoms with E-state index in [1.54, 1.807) is 24.3 Å². The van der Waals surface area contributed by atoms with Gasteiger partial charge in [-0.1, -0.05) is 66.2 Å². The number of rotatable bonds is 5. The van der Waals surface area contributed by atoms with E-state index in [1.807, 2.05) is 48.5 Å². The predicted molar refractivity (Wildman–Crippen MR) is 129 cm³/mol. The summed E-state index contributed by atoms with van der Waals surface area (Å²) in [7, 11) is 0. The molecular weight excluding hydrogens is 432 g/mol. The summed E-state index contributed by atoms with van der Waals surface area (Å²) in [4.78, 5) is 17.5. The number of ketones is 1. The van der Waals surface area contributed by atoms with E-state index in [1.165, 1.54) is 5.56 Å². The lowest BCUT2D eigenvalue weighted by atomic mass is 9.83. The summed E-state index contributed by atoms with van der Waals surface area (Å²) in [5.74, 6) is -0.0362. The SMILES string of the molecule is N#Cc1c(OCC(=O)c2ccc(Cl)cc2)nc2c(c1-c1ccccc1)CCc1ccccc1-2. The Hall–Kier alpha value is -3.94. The molecule has 160 valence electrons. The van der Waals surface area contributed by atoms with Crippen LogP contribution in [0.15, 0.2) is 78.9 Å². The summed E-state index contributed by atoms with van der Waals surface area (Å²) in [6.07, 6.45) is 1.66. The van der Waals surface area contributed by atoms with E-state index in [0.29, 0.717) is 16.1 Å². The molecule has 0 atom stereocenters. The van der Waals surface area contributed by atoms with E-state index in [0.717, 1.165) is 40.8 Å². The molecule has 0 N–H and O–H groups in total. The lowest BCUT2D eigenvalue weighted by molar-refractivity contribution is 0.0918. The summed E-state index contributed by atoms with van der Waals surface area (Å²) in [5.41, 5.74) is 6.69. The Balaban J connectivity index is 1.62. The molecule has 0 spiro atoms. The Labute approximate surface area is 197 Å². The van der Waals surface area contributed by atoms with Gasteiger partial charge in [0.1, 0.15) is 11.6 Å². The van der Waals surface area contributed by atoms with Crippen LogP contribution in [-0.4, -0.2) is 17.4 Å². The number of fused-ring (bicyclic) bond motifs is 3. The van der Waals surface area contributed by atoms with Crippen molar-refractivity contribution in [1.29, 1.82) is 5.26 Å². The number of ether oxygens (including phenoxy) is 1. The highest BCUT2D eigenvalue weighted by Gasteiger charge is 2.27. The number of carbonyl (C=O) groups is 1. The maximum Gasteiger partial charge on any atom is 0.233 e. The first-order valence-corrected chi connectivity index (χ1v) is 11.1. The summed E-state index contributed by atoms with van der Waals surface area (Å²) < 4.78 is 5.90. The van der Waals surface area contributed by atoms with Gasteiger partial charge in [0, 0.05) is 21.7 Å². The number of benzene rings is 3. The maximum atomic E-state index is 12.7. The maximum absolute atomic E-state index is 12.7. The van der Waals surface area contributed by atoms with Crippen molar-refractivity contribution < 1.29 is 9.53 Å². The molecule has 1 aromatic heterocycles. The molecular formula is C28H19ClN2O2. The third-order valence-electron chi connectivity index (χ3n) is 5.86. The van der Waals surface area contributed by atoms with Crippen LogP contribution in [0.3, 0.4) is 0 Å². The van der Waals surface area contributed by atoms with Crippen LogP contribution in [0.2, 0.25) is 5.02 Å². The zero-order chi connectivity index (χ0) is 22.8. The van der Waals surface area contributed by atoms with Crippen molar-refractivity contribution in [2.24, 2.45) is 0 Å². The fourth-order valence-corrected chi connectivity index (χ4v) is 4.41. The molecule has 0 saturated heterocycles. The van der Waals surface area contributed by atoms with Crippen LogP contribution in [0.1, 0.15) is 27.0 Å². The van der Waals surface area contributed by atoms with Gasteiger partial charge in [-0.25, -0.2) is 4.98 Å². The van der Waals surface area contributed by atoms with E-state index in [4.69, 9.17) is 21.3 Å². The van der Waals surface area contributed by atoms with Crippen LogP contribution in [-0.2, 0) is 12.8 Å². The number of hydrogen-bond donors (Lipinski definition) is 0. The lowest BCUT2D eigenvalue weighted by Crippen LogP contribution is -2.15. The Morgan fingerprint density at radius 3 is 2.45 bits per heavy atom. The molecule has 1 aliphatic carbocycles. The van der Waals surface area contributed by atoms with Crippen molar-refractivity contribution >= 4 is 17.4 Å². The van der Waals surface area contributed by atoms with E-state index < -0.39 is 0 Å². The van der Waals surface area contributed by atoms with Crippen molar-refractivity contribution in [2.75, 3.05) is 6.61 Å². The van der Waals surface area contributed by atoms with Gasteiger partial charge in [-0.05, 0) is 53.8 Å². The Morgan fingerprint density at radius 2 is 1.70 bits per heavy atom. The number of carbonyl (C=O) groups excluding carboxylic acids is 1. The first-order chi connectivity index (χ1) is 16.2. The highest BCUT2D eigenvalue weighted by atomic mass is 35.5. The molecule has 33 heavy (non-hydrogen) atoms. The molecule has 3 aromatic carbocycles. The average Bonchev–Trinajstić information content (AvgIpc) is 2.87. The number of aryl methyl sites for hydroxylation is 1. The van der Waals surface area contributed by atoms with E-state index in [2.05, 4.69) is 12.1 Å². The van der Waals surface area contributed by atoms with Crippen LogP contribution in [0.4, 0.5) is 0 Å². The van der Waals surface area contributed by atoms with Gasteiger partial charge < -0.3 is 4.74 Å². The second-order valence-corrected chi connectivity index (χ2v) is 8.28. The van der Waals surface area contributed by atoms with Gasteiger partial charge in [0.2, 0.25) is 5.88 Å². The third kappa shape index (κ3) is 4.00. The van der Waals surface area contributed by atoms with Gasteiger partial charge in [-0.15, -0.1) is 0 Å². The summed E-state index contributed by atoms with van der Waals surface area (Å²) in [6, 6.07) is 26.9. The van der Waals surface area contributed by atoms with Crippen LogP contribution in [0, 0.1) is 11.3 Å². The first-order valence-electron chi connectivity index (χ1n) is 10.7. The zero-order valence-electron chi connectivity index (χ0n) is 17.7. The fourth-order valence-electron chi connectivity index (χ4n) is 4.28. The smallest absolute Gasteiger partial charge is 0.233 e. The average molecular weight is 451 g/mol. The largest absolute Gasteiger partial charge is 0.468 e. The number of aromatic nitrogens is 1. The van der Waals surface area contributed by atoms with Gasteiger partial charge in [-0.2, -0.15) is 5.26 Å². The zero-order valence-corrected chi connectivity index (χ0v) is 18.5. The molecule has 0 amide bonds. The molecule has 4 nitrogen and oxygen atoms in total. The molecule has 0 saturated carbocycles. The number of halogens is 1. The molecule has 4 aromatic rings. The van der Waals surface area contributed by atoms with Crippen LogP contribution < -0.4 is 4.74 Å². The van der Waals surface area contributed by atoms with Crippen LogP contribution >= 0.6 is 11.6 Å². The standard InChI is InChI=1S/C28H19ClN2O2/c29-21-13-10-19(11-14-21)25(32)17-33-28-24(16-30)26(20-7-2-1-3-8-20)23-15-12-18-6-4-5-9-22(18)27(23)31-28/h1-11,13-14H,12,15,17H2. The van der Waals surface area contributed by atoms with Gasteiger partial charge >= 0.3 is 0 Å². The molecule has 0 bridgehead atoms. The van der Waals surface area contributed by atoms with Crippen LogP contribution in [0.5, 0.6) is 5.88 Å². The topological polar surface area (TPSA) is 63.0 Å². The van der Waals surface area contributed by atoms with Crippen LogP contribution in [0.25, 0.3) is 22.4 Å². The second kappa shape index (κ2) is 8.90. The minimum atomic E-state index is -0.224. The normalized spacial score (nSPS) is 11.8. The summed E-state index contributed by atoms with van der Waals surface area (Å²) >= 11 is 5.92. The van der Waals surface area contributed by atoms with Crippen molar-refractivity contribution in [3.05, 3.63) is 106 Å². The van der Waals surface area contributed by atoms with Gasteiger partial charge in [0.05, 0.1) is 5.69 Å². The molecule has 0 radical (unpaired) electrons. The molecule has 5 heteroatoms. The molecule has 0 unspecified atom stereocenters. The van der Waals surface area contributed by atoms with Crippen molar-refractivity contribution in [3.8, 4) is 34.3 Å². The minimum Gasteiger partial charge on any atom is -0.468 e. The van der Waals surface area contributed by atoms with Gasteiger partial charge in [0.25, 0.3) is 0 Å². The predicted octanol–water partition coefficient (Wildman–Crippen LogP) is 6.30. The molecule has 0 fully saturated rings. The quantitative estimate of drug-likeness (QED) is 0.335. The summed E-state index contributed by atoms with van der Waals surface area (Å²) in [6.45, 7) is -0.224. The third-order valence-corrected chi connectivity index (χ3v) is 6.11. The number of nitriles is 1. The Kier molecular flexibility index (Phi) is 5.64. The Bertz CT molecular complexity index is 1390. The molecule has 0 aliphatic heterocycles. The van der Waals surface area contributed by atoms with E-state index in [-0.39, 0.29) is 18.3 Å². The number of Topliss-reactive ketones (excluding diaryl/α,β-unsaturated/α-hetero) is 1. The van der Waals surface area contributed by atoms with Crippen molar-refractivity contribution in [3.63, 3.8) is 0 Å². The highest BCUT2D eigenvalue weighted by molar-refractivity contribution is 6.30. The second-order valence-electron chi connectivity index (χ2n) is 7.85. The van der Waals surface area contributed by atoms with E-state index >= 15 is 0 Å². The van der Waals surface area contributed by atoms with Gasteiger partial charge in [0.15, 0.2) is 12.4 Å². The first kappa shape index (κ1) is 20.9. The number of pyridine rings is 1. The van der Waals surface area contributed by atoms with E-state index in [9.17, 15) is 10.1 Å². The number of nitrogens with zero attached hydrogens (tertiary/aromatic N) is 2. The minimum absolute atomic E-state index is 0.175. The molecule has 1 heterocycles. The molecule has 1 aliphatic rings. The van der Waals surface area contributed by atoms with Crippen molar-refractivity contribution in [2.45, 2.75) is 12.8 Å². The Morgan fingerprint density at radius 1 is 0.970 bits per heavy atom. The van der Waals surface area contributed by atoms with Gasteiger partial charge in [-0.3, -0.25) is 4.79 Å².